The molecular formula is C16H26BrNO. The molecular weight excluding hydrogens is 302 g/mol. The summed E-state index contributed by atoms with van der Waals surface area (Å²) in [5.41, 5.74) is 0. The standard InChI is InChI=1S/C16H26BrNO/c17-9-13-2-1-3-14(13)10-18-16(19)8-15-7-11-4-5-12(15)6-11/h11-15H,1-10H2,(H,18,19). The van der Waals surface area contributed by atoms with Crippen LogP contribution < -0.4 is 5.32 Å². The molecule has 5 unspecified atom stereocenters. The van der Waals surface area contributed by atoms with Crippen molar-refractivity contribution in [1.82, 2.24) is 5.32 Å². The summed E-state index contributed by atoms with van der Waals surface area (Å²) in [7, 11) is 0. The molecule has 3 aliphatic carbocycles. The van der Waals surface area contributed by atoms with E-state index in [4.69, 9.17) is 0 Å². The summed E-state index contributed by atoms with van der Waals surface area (Å²) in [5.74, 6) is 4.34. The molecule has 108 valence electrons. The van der Waals surface area contributed by atoms with E-state index < -0.39 is 0 Å². The van der Waals surface area contributed by atoms with E-state index in [0.717, 1.165) is 36.0 Å². The molecule has 3 rings (SSSR count). The first kappa shape index (κ1) is 13.9. The molecule has 0 radical (unpaired) electrons. The minimum absolute atomic E-state index is 0.317. The summed E-state index contributed by atoms with van der Waals surface area (Å²) in [6.07, 6.45) is 10.3. The average molecular weight is 328 g/mol. The second-order valence-electron chi connectivity index (χ2n) is 7.05. The summed E-state index contributed by atoms with van der Waals surface area (Å²) in [6.45, 7) is 0.913. The quantitative estimate of drug-likeness (QED) is 0.766. The van der Waals surface area contributed by atoms with E-state index in [-0.39, 0.29) is 0 Å². The van der Waals surface area contributed by atoms with Crippen molar-refractivity contribution in [3.05, 3.63) is 0 Å². The minimum atomic E-state index is 0.317. The molecule has 3 aliphatic rings. The Hall–Kier alpha value is -0.0500. The zero-order chi connectivity index (χ0) is 13.2. The van der Waals surface area contributed by atoms with Crippen LogP contribution in [0, 0.1) is 29.6 Å². The lowest BCUT2D eigenvalue weighted by molar-refractivity contribution is -0.122. The minimum Gasteiger partial charge on any atom is -0.356 e. The largest absolute Gasteiger partial charge is 0.356 e. The van der Waals surface area contributed by atoms with Crippen LogP contribution >= 0.6 is 15.9 Å². The zero-order valence-electron chi connectivity index (χ0n) is 11.7. The molecule has 2 bridgehead atoms. The number of carbonyl (C=O) groups is 1. The third-order valence-corrected chi connectivity index (χ3v) is 6.74. The normalized spacial score (nSPS) is 40.8. The van der Waals surface area contributed by atoms with Gasteiger partial charge in [0.1, 0.15) is 0 Å². The maximum Gasteiger partial charge on any atom is 0.220 e. The Morgan fingerprint density at radius 3 is 2.58 bits per heavy atom. The topological polar surface area (TPSA) is 29.1 Å². The highest BCUT2D eigenvalue weighted by Gasteiger charge is 2.40. The molecule has 0 saturated heterocycles. The van der Waals surface area contributed by atoms with Crippen molar-refractivity contribution in [3.63, 3.8) is 0 Å². The van der Waals surface area contributed by atoms with Crippen molar-refractivity contribution < 1.29 is 4.79 Å². The molecule has 3 heteroatoms. The lowest BCUT2D eigenvalue weighted by Gasteiger charge is -2.22. The summed E-state index contributed by atoms with van der Waals surface area (Å²) in [6, 6.07) is 0. The molecule has 0 aromatic heterocycles. The third kappa shape index (κ3) is 3.17. The summed E-state index contributed by atoms with van der Waals surface area (Å²) >= 11 is 3.60. The van der Waals surface area contributed by atoms with Crippen molar-refractivity contribution in [2.45, 2.75) is 51.4 Å². The van der Waals surface area contributed by atoms with Gasteiger partial charge in [-0.1, -0.05) is 28.8 Å². The van der Waals surface area contributed by atoms with Gasteiger partial charge in [0, 0.05) is 18.3 Å². The first-order valence-corrected chi connectivity index (χ1v) is 9.21. The maximum atomic E-state index is 12.1. The van der Waals surface area contributed by atoms with Crippen LogP contribution in [0.15, 0.2) is 0 Å². The number of fused-ring (bicyclic) bond motifs is 2. The SMILES string of the molecule is O=C(CC1CC2CCC1C2)NCC1CCCC1CBr. The lowest BCUT2D eigenvalue weighted by atomic mass is 9.86. The van der Waals surface area contributed by atoms with Crippen molar-refractivity contribution in [2.75, 3.05) is 11.9 Å². The molecule has 3 saturated carbocycles. The number of carbonyl (C=O) groups excluding carboxylic acids is 1. The fraction of sp³-hybridized carbons (Fsp3) is 0.938. The van der Waals surface area contributed by atoms with Crippen LogP contribution in [-0.4, -0.2) is 17.8 Å². The Kier molecular flexibility index (Phi) is 4.51. The van der Waals surface area contributed by atoms with Crippen molar-refractivity contribution in [2.24, 2.45) is 29.6 Å². The van der Waals surface area contributed by atoms with Crippen LogP contribution in [0.2, 0.25) is 0 Å². The molecule has 1 N–H and O–H groups in total. The van der Waals surface area contributed by atoms with Gasteiger partial charge in [-0.25, -0.2) is 0 Å². The van der Waals surface area contributed by atoms with Gasteiger partial charge in [-0.15, -0.1) is 0 Å². The smallest absolute Gasteiger partial charge is 0.220 e. The summed E-state index contributed by atoms with van der Waals surface area (Å²) in [4.78, 5) is 12.1. The van der Waals surface area contributed by atoms with E-state index in [1.807, 2.05) is 0 Å². The summed E-state index contributed by atoms with van der Waals surface area (Å²) < 4.78 is 0. The average Bonchev–Trinajstić information content (AvgIpc) is 3.11. The number of halogens is 1. The zero-order valence-corrected chi connectivity index (χ0v) is 13.3. The van der Waals surface area contributed by atoms with Crippen molar-refractivity contribution in [1.29, 1.82) is 0 Å². The van der Waals surface area contributed by atoms with Crippen LogP contribution in [0.4, 0.5) is 0 Å². The van der Waals surface area contributed by atoms with Gasteiger partial charge in [-0.05, 0) is 61.7 Å². The molecule has 19 heavy (non-hydrogen) atoms. The molecule has 2 nitrogen and oxygen atoms in total. The van der Waals surface area contributed by atoms with E-state index >= 15 is 0 Å². The van der Waals surface area contributed by atoms with Crippen LogP contribution in [0.25, 0.3) is 0 Å². The van der Waals surface area contributed by atoms with Crippen LogP contribution in [0.5, 0.6) is 0 Å². The van der Waals surface area contributed by atoms with E-state index in [0.29, 0.717) is 17.7 Å². The van der Waals surface area contributed by atoms with Gasteiger partial charge < -0.3 is 5.32 Å². The van der Waals surface area contributed by atoms with Gasteiger partial charge in [0.25, 0.3) is 0 Å². The number of hydrogen-bond acceptors (Lipinski definition) is 1. The van der Waals surface area contributed by atoms with Crippen LogP contribution in [-0.2, 0) is 4.79 Å². The first-order chi connectivity index (χ1) is 9.26. The second-order valence-corrected chi connectivity index (χ2v) is 7.70. The Bertz CT molecular complexity index is 333. The Morgan fingerprint density at radius 2 is 1.89 bits per heavy atom. The molecule has 0 aromatic rings. The Morgan fingerprint density at radius 1 is 1.05 bits per heavy atom. The highest BCUT2D eigenvalue weighted by molar-refractivity contribution is 9.09. The molecule has 0 aromatic carbocycles. The van der Waals surface area contributed by atoms with Crippen molar-refractivity contribution >= 4 is 21.8 Å². The van der Waals surface area contributed by atoms with E-state index in [9.17, 15) is 4.79 Å². The first-order valence-electron chi connectivity index (χ1n) is 8.09. The molecule has 0 aliphatic heterocycles. The van der Waals surface area contributed by atoms with E-state index in [1.165, 1.54) is 44.9 Å². The van der Waals surface area contributed by atoms with Gasteiger partial charge in [0.2, 0.25) is 5.91 Å². The fourth-order valence-electron chi connectivity index (χ4n) is 4.77. The predicted octanol–water partition coefficient (Wildman–Crippen LogP) is 3.74. The number of amides is 1. The second kappa shape index (κ2) is 6.15. The Labute approximate surface area is 125 Å². The number of alkyl halides is 1. The lowest BCUT2D eigenvalue weighted by Crippen LogP contribution is -2.33. The molecule has 3 fully saturated rings. The highest BCUT2D eigenvalue weighted by Crippen LogP contribution is 2.49. The van der Waals surface area contributed by atoms with Gasteiger partial charge in [-0.3, -0.25) is 4.79 Å². The number of nitrogens with one attached hydrogen (secondary N) is 1. The molecule has 0 heterocycles. The number of rotatable bonds is 5. The van der Waals surface area contributed by atoms with Gasteiger partial charge in [-0.2, -0.15) is 0 Å². The fourth-order valence-corrected chi connectivity index (χ4v) is 5.62. The summed E-state index contributed by atoms with van der Waals surface area (Å²) in [5, 5.41) is 4.31. The molecule has 5 atom stereocenters. The molecule has 1 amide bonds. The van der Waals surface area contributed by atoms with Crippen molar-refractivity contribution in [3.8, 4) is 0 Å². The van der Waals surface area contributed by atoms with Gasteiger partial charge >= 0.3 is 0 Å². The third-order valence-electron chi connectivity index (χ3n) is 5.91. The van der Waals surface area contributed by atoms with Gasteiger partial charge in [0.15, 0.2) is 0 Å². The van der Waals surface area contributed by atoms with Crippen LogP contribution in [0.1, 0.15) is 51.4 Å². The van der Waals surface area contributed by atoms with E-state index in [2.05, 4.69) is 21.2 Å². The molecule has 0 spiro atoms. The Balaban J connectivity index is 1.39. The highest BCUT2D eigenvalue weighted by atomic mass is 79.9. The van der Waals surface area contributed by atoms with E-state index in [1.54, 1.807) is 0 Å². The monoisotopic (exact) mass is 327 g/mol. The van der Waals surface area contributed by atoms with Crippen LogP contribution in [0.3, 0.4) is 0 Å². The predicted molar refractivity (Wildman–Crippen MR) is 81.2 cm³/mol. The number of hydrogen-bond donors (Lipinski definition) is 1. The van der Waals surface area contributed by atoms with Gasteiger partial charge in [0.05, 0.1) is 0 Å². The maximum absolute atomic E-state index is 12.1.